The number of imide groups is 1. The zero-order valence-corrected chi connectivity index (χ0v) is 18.0. The Morgan fingerprint density at radius 1 is 1.14 bits per heavy atom. The van der Waals surface area contributed by atoms with Gasteiger partial charge in [0.25, 0.3) is 5.91 Å². The van der Waals surface area contributed by atoms with E-state index in [4.69, 9.17) is 0 Å². The number of halogens is 1. The average molecular weight is 471 g/mol. The van der Waals surface area contributed by atoms with Crippen molar-refractivity contribution >= 4 is 51.5 Å². The van der Waals surface area contributed by atoms with E-state index < -0.39 is 6.04 Å². The fraction of sp³-hybridized carbons (Fsp3) is 0.227. The molecule has 0 spiro atoms. The number of carbonyl (C=O) groups excluding carboxylic acids is 3. The van der Waals surface area contributed by atoms with Gasteiger partial charge in [-0.1, -0.05) is 46.3 Å². The topological polar surface area (TPSA) is 66.5 Å². The SMILES string of the molecule is O=C1CCC(N2Cc3c(SCc4ccc(/C=C/Br)cc4)cccc3C2=O)C(=O)N1. The summed E-state index contributed by atoms with van der Waals surface area (Å²) in [6.45, 7) is 0.401. The molecule has 0 aliphatic carbocycles. The van der Waals surface area contributed by atoms with E-state index in [1.165, 1.54) is 5.56 Å². The average Bonchev–Trinajstić information content (AvgIpc) is 3.05. The predicted molar refractivity (Wildman–Crippen MR) is 116 cm³/mol. The van der Waals surface area contributed by atoms with Crippen molar-refractivity contribution in [1.29, 1.82) is 0 Å². The Morgan fingerprint density at radius 2 is 1.93 bits per heavy atom. The second-order valence-corrected chi connectivity index (χ2v) is 8.55. The predicted octanol–water partition coefficient (Wildman–Crippen LogP) is 4.11. The van der Waals surface area contributed by atoms with E-state index in [0.29, 0.717) is 18.5 Å². The smallest absolute Gasteiger partial charge is 0.255 e. The van der Waals surface area contributed by atoms with Gasteiger partial charge in [0.2, 0.25) is 11.8 Å². The van der Waals surface area contributed by atoms with Crippen LogP contribution in [-0.4, -0.2) is 28.7 Å². The van der Waals surface area contributed by atoms with Gasteiger partial charge >= 0.3 is 0 Å². The Balaban J connectivity index is 1.49. The molecule has 2 aliphatic rings. The van der Waals surface area contributed by atoms with Gasteiger partial charge in [-0.2, -0.15) is 0 Å². The first-order chi connectivity index (χ1) is 14.1. The van der Waals surface area contributed by atoms with E-state index in [9.17, 15) is 14.4 Å². The molecule has 0 bridgehead atoms. The zero-order chi connectivity index (χ0) is 20.4. The third kappa shape index (κ3) is 4.16. The molecule has 2 aliphatic heterocycles. The summed E-state index contributed by atoms with van der Waals surface area (Å²) < 4.78 is 0. The maximum Gasteiger partial charge on any atom is 0.255 e. The first-order valence-corrected chi connectivity index (χ1v) is 11.2. The summed E-state index contributed by atoms with van der Waals surface area (Å²) in [5.74, 6) is 0.00264. The van der Waals surface area contributed by atoms with Gasteiger partial charge in [0.05, 0.1) is 0 Å². The van der Waals surface area contributed by atoms with Crippen molar-refractivity contribution in [3.8, 4) is 0 Å². The van der Waals surface area contributed by atoms with Crippen LogP contribution in [-0.2, 0) is 21.9 Å². The highest BCUT2D eigenvalue weighted by atomic mass is 79.9. The van der Waals surface area contributed by atoms with Crippen LogP contribution in [0.1, 0.15) is 39.9 Å². The number of hydrogen-bond acceptors (Lipinski definition) is 4. The van der Waals surface area contributed by atoms with E-state index >= 15 is 0 Å². The molecule has 1 unspecified atom stereocenters. The van der Waals surface area contributed by atoms with Crippen molar-refractivity contribution in [1.82, 2.24) is 10.2 Å². The molecule has 4 rings (SSSR count). The molecular formula is C22H19BrN2O3S. The summed E-state index contributed by atoms with van der Waals surface area (Å²) in [5.41, 5.74) is 3.94. The monoisotopic (exact) mass is 470 g/mol. The molecule has 0 radical (unpaired) electrons. The molecule has 7 heteroatoms. The van der Waals surface area contributed by atoms with Crippen LogP contribution in [0.4, 0.5) is 0 Å². The zero-order valence-electron chi connectivity index (χ0n) is 15.6. The summed E-state index contributed by atoms with van der Waals surface area (Å²) >= 11 is 4.97. The molecule has 2 heterocycles. The van der Waals surface area contributed by atoms with Crippen molar-refractivity contribution in [3.63, 3.8) is 0 Å². The highest BCUT2D eigenvalue weighted by Crippen LogP contribution is 2.35. The summed E-state index contributed by atoms with van der Waals surface area (Å²) in [4.78, 5) is 41.0. The largest absolute Gasteiger partial charge is 0.322 e. The van der Waals surface area contributed by atoms with E-state index in [0.717, 1.165) is 21.8 Å². The Bertz CT molecular complexity index is 1000. The summed E-state index contributed by atoms with van der Waals surface area (Å²) in [6.07, 6.45) is 2.62. The number of fused-ring (bicyclic) bond motifs is 1. The van der Waals surface area contributed by atoms with Gasteiger partial charge in [-0.05, 0) is 46.3 Å². The number of piperidine rings is 1. The Kier molecular flexibility index (Phi) is 5.87. The molecule has 148 valence electrons. The van der Waals surface area contributed by atoms with Crippen LogP contribution < -0.4 is 5.32 Å². The third-order valence-electron chi connectivity index (χ3n) is 5.17. The molecule has 1 atom stereocenters. The van der Waals surface area contributed by atoms with Crippen LogP contribution in [0.25, 0.3) is 6.08 Å². The second-order valence-electron chi connectivity index (χ2n) is 7.01. The van der Waals surface area contributed by atoms with Crippen molar-refractivity contribution in [2.24, 2.45) is 0 Å². The molecule has 1 N–H and O–H groups in total. The standard InChI is InChI=1S/C22H19BrN2O3S/c23-11-10-14-4-6-15(7-5-14)13-29-19-3-1-2-16-17(19)12-25(22(16)28)18-8-9-20(26)24-21(18)27/h1-7,10-11,18H,8-9,12-13H2,(H,24,26,27)/b11-10+. The van der Waals surface area contributed by atoms with Crippen LogP contribution in [0, 0.1) is 0 Å². The first kappa shape index (κ1) is 19.9. The lowest BCUT2D eigenvalue weighted by molar-refractivity contribution is -0.136. The Hall–Kier alpha value is -2.38. The molecule has 0 saturated carbocycles. The van der Waals surface area contributed by atoms with E-state index in [1.807, 2.05) is 29.3 Å². The maximum absolute atomic E-state index is 12.9. The van der Waals surface area contributed by atoms with Crippen LogP contribution in [0.15, 0.2) is 52.3 Å². The number of hydrogen-bond donors (Lipinski definition) is 1. The van der Waals surface area contributed by atoms with Gasteiger partial charge in [-0.15, -0.1) is 11.8 Å². The second kappa shape index (κ2) is 8.55. The highest BCUT2D eigenvalue weighted by Gasteiger charge is 2.39. The number of rotatable bonds is 5. The van der Waals surface area contributed by atoms with Crippen molar-refractivity contribution in [3.05, 3.63) is 69.7 Å². The highest BCUT2D eigenvalue weighted by molar-refractivity contribution is 9.11. The van der Waals surface area contributed by atoms with Gasteiger partial charge in [-0.25, -0.2) is 0 Å². The number of nitrogens with zero attached hydrogens (tertiary/aromatic N) is 1. The van der Waals surface area contributed by atoms with Gasteiger partial charge in [-0.3, -0.25) is 19.7 Å². The molecule has 3 amide bonds. The van der Waals surface area contributed by atoms with E-state index in [-0.39, 0.29) is 24.1 Å². The normalized spacial score (nSPS) is 19.0. The molecular weight excluding hydrogens is 452 g/mol. The summed E-state index contributed by atoms with van der Waals surface area (Å²) in [7, 11) is 0. The minimum atomic E-state index is -0.583. The van der Waals surface area contributed by atoms with Crippen LogP contribution in [0.5, 0.6) is 0 Å². The van der Waals surface area contributed by atoms with Gasteiger partial charge in [0.15, 0.2) is 0 Å². The number of benzene rings is 2. The number of thioether (sulfide) groups is 1. The molecule has 2 aromatic carbocycles. The number of nitrogens with one attached hydrogen (secondary N) is 1. The quantitative estimate of drug-likeness (QED) is 0.527. The fourth-order valence-corrected chi connectivity index (χ4v) is 4.99. The molecule has 1 fully saturated rings. The van der Waals surface area contributed by atoms with Crippen molar-refractivity contribution < 1.29 is 14.4 Å². The molecule has 1 saturated heterocycles. The van der Waals surface area contributed by atoms with Gasteiger partial charge in [0.1, 0.15) is 6.04 Å². The van der Waals surface area contributed by atoms with Gasteiger partial charge in [0, 0.05) is 29.2 Å². The van der Waals surface area contributed by atoms with Crippen LogP contribution in [0.2, 0.25) is 0 Å². The summed E-state index contributed by atoms with van der Waals surface area (Å²) in [5, 5.41) is 2.34. The van der Waals surface area contributed by atoms with Crippen molar-refractivity contribution in [2.75, 3.05) is 0 Å². The Morgan fingerprint density at radius 3 is 2.66 bits per heavy atom. The fourth-order valence-electron chi connectivity index (χ4n) is 3.65. The number of carbonyl (C=O) groups is 3. The minimum absolute atomic E-state index is 0.136. The molecule has 2 aromatic rings. The summed E-state index contributed by atoms with van der Waals surface area (Å²) in [6, 6.07) is 13.5. The molecule has 0 aromatic heterocycles. The maximum atomic E-state index is 12.9. The first-order valence-electron chi connectivity index (χ1n) is 9.32. The third-order valence-corrected chi connectivity index (χ3v) is 6.60. The van der Waals surface area contributed by atoms with Gasteiger partial charge < -0.3 is 4.90 Å². The lowest BCUT2D eigenvalue weighted by Crippen LogP contribution is -2.52. The van der Waals surface area contributed by atoms with Crippen molar-refractivity contribution in [2.45, 2.75) is 36.1 Å². The van der Waals surface area contributed by atoms with E-state index in [2.05, 4.69) is 45.5 Å². The minimum Gasteiger partial charge on any atom is -0.322 e. The van der Waals surface area contributed by atoms with Crippen LogP contribution >= 0.6 is 27.7 Å². The van der Waals surface area contributed by atoms with Crippen LogP contribution in [0.3, 0.4) is 0 Å². The number of amides is 3. The van der Waals surface area contributed by atoms with E-state index in [1.54, 1.807) is 16.7 Å². The molecule has 5 nitrogen and oxygen atoms in total. The lowest BCUT2D eigenvalue weighted by Gasteiger charge is -2.29. The lowest BCUT2D eigenvalue weighted by atomic mass is 10.0. The Labute approximate surface area is 181 Å². The molecule has 29 heavy (non-hydrogen) atoms.